The molecule has 0 aromatic carbocycles. The number of rotatable bonds is 4. The third-order valence-corrected chi connectivity index (χ3v) is 10.1. The molecular weight excluding hydrogens is 296 g/mol. The van der Waals surface area contributed by atoms with Crippen LogP contribution in [0.3, 0.4) is 0 Å². The molecule has 118 valence electrons. The molecule has 0 amide bonds. The van der Waals surface area contributed by atoms with Gasteiger partial charge >= 0.3 is 0 Å². The number of carbonyl (C=O) groups excluding carboxylic acids is 1. The lowest BCUT2D eigenvalue weighted by molar-refractivity contribution is -0.119. The maximum absolute atomic E-state index is 12.3. The van der Waals surface area contributed by atoms with Gasteiger partial charge in [0, 0.05) is 11.7 Å². The molecule has 0 N–H and O–H groups in total. The number of carbonyl (C=O) groups is 1. The van der Waals surface area contributed by atoms with E-state index in [1.807, 2.05) is 6.26 Å². The number of hydrogen-bond donors (Lipinski definition) is 0. The van der Waals surface area contributed by atoms with Gasteiger partial charge in [-0.05, 0) is 31.9 Å². The molecule has 2 aliphatic rings. The predicted octanol–water partition coefficient (Wildman–Crippen LogP) is 3.16. The zero-order valence-electron chi connectivity index (χ0n) is 12.5. The summed E-state index contributed by atoms with van der Waals surface area (Å²) in [5, 5.41) is 0.0899. The van der Waals surface area contributed by atoms with Crippen LogP contribution in [0.5, 0.6) is 0 Å². The fourth-order valence-electron chi connectivity index (χ4n) is 3.58. The lowest BCUT2D eigenvalue weighted by atomic mass is 9.99. The molecule has 0 bridgehead atoms. The van der Waals surface area contributed by atoms with Gasteiger partial charge in [-0.25, -0.2) is 3.63 Å². The summed E-state index contributed by atoms with van der Waals surface area (Å²) in [6.07, 6.45) is 11.9. The van der Waals surface area contributed by atoms with Gasteiger partial charge in [-0.15, -0.1) is 10.3 Å². The highest BCUT2D eigenvalue weighted by atomic mass is 32.3. The molecule has 2 atom stereocenters. The predicted molar refractivity (Wildman–Crippen MR) is 83.6 cm³/mol. The number of Topliss-reactive ketones (excluding diaryl/α,β-unsaturated/α-hetero) is 1. The van der Waals surface area contributed by atoms with E-state index in [-0.39, 0.29) is 16.3 Å². The second kappa shape index (κ2) is 6.36. The van der Waals surface area contributed by atoms with Gasteiger partial charge in [-0.1, -0.05) is 25.7 Å². The molecule has 0 heterocycles. The highest BCUT2D eigenvalue weighted by Gasteiger charge is 2.44. The largest absolute Gasteiger partial charge is 0.298 e. The minimum atomic E-state index is -3.52. The van der Waals surface area contributed by atoms with E-state index in [0.29, 0.717) is 6.42 Å². The zero-order valence-corrected chi connectivity index (χ0v) is 14.1. The summed E-state index contributed by atoms with van der Waals surface area (Å²) in [6.45, 7) is 0. The van der Waals surface area contributed by atoms with Crippen LogP contribution in [0.15, 0.2) is 0 Å². The fourth-order valence-corrected chi connectivity index (χ4v) is 9.54. The first-order chi connectivity index (χ1) is 9.33. The van der Waals surface area contributed by atoms with Crippen molar-refractivity contribution in [2.45, 2.75) is 68.3 Å². The fraction of sp³-hybridized carbons (Fsp3) is 0.929. The van der Waals surface area contributed by atoms with Crippen LogP contribution in [-0.2, 0) is 18.5 Å². The Morgan fingerprint density at radius 1 is 0.950 bits per heavy atom. The molecule has 0 aliphatic heterocycles. The Kier molecular flexibility index (Phi) is 5.19. The van der Waals surface area contributed by atoms with Gasteiger partial charge in [0.25, 0.3) is 10.1 Å². The van der Waals surface area contributed by atoms with Crippen LogP contribution < -0.4 is 0 Å². The summed E-state index contributed by atoms with van der Waals surface area (Å²) in [7, 11) is -5.41. The Hall–Kier alpha value is -0.0700. The average molecular weight is 322 g/mol. The van der Waals surface area contributed by atoms with E-state index >= 15 is 0 Å². The Morgan fingerprint density at radius 3 is 2.10 bits per heavy atom. The van der Waals surface area contributed by atoms with Crippen LogP contribution in [-0.4, -0.2) is 37.2 Å². The molecule has 4 nitrogen and oxygen atoms in total. The SMILES string of the molecule is CS(OS(C)(=O)=O)(C1CCCCC1)C1CCCCC1=O. The standard InChI is InChI=1S/C14H26O4S2/c1-19(18-20(2,16)17,12-8-4-3-5-9-12)14-11-7-6-10-13(14)15/h12,14H,3-11H2,1-2H3. The van der Waals surface area contributed by atoms with Gasteiger partial charge in [-0.2, -0.15) is 8.42 Å². The highest BCUT2D eigenvalue weighted by Crippen LogP contribution is 2.61. The second-order valence-electron chi connectivity index (χ2n) is 6.20. The third-order valence-electron chi connectivity index (χ3n) is 4.55. The maximum atomic E-state index is 12.3. The van der Waals surface area contributed by atoms with Crippen molar-refractivity contribution in [1.82, 2.24) is 0 Å². The number of hydrogen-bond acceptors (Lipinski definition) is 4. The Bertz CT molecular complexity index is 454. The van der Waals surface area contributed by atoms with Crippen LogP contribution >= 0.6 is 10.3 Å². The molecule has 2 rings (SSSR count). The lowest BCUT2D eigenvalue weighted by Gasteiger charge is -2.48. The van der Waals surface area contributed by atoms with Crippen LogP contribution in [0.1, 0.15) is 57.8 Å². The molecular formula is C14H26O4S2. The Balaban J connectivity index is 2.28. The van der Waals surface area contributed by atoms with Crippen LogP contribution in [0.25, 0.3) is 0 Å². The van der Waals surface area contributed by atoms with E-state index in [9.17, 15) is 13.2 Å². The van der Waals surface area contributed by atoms with E-state index in [2.05, 4.69) is 0 Å². The molecule has 20 heavy (non-hydrogen) atoms. The van der Waals surface area contributed by atoms with Gasteiger partial charge in [0.1, 0.15) is 5.78 Å². The van der Waals surface area contributed by atoms with Crippen molar-refractivity contribution in [3.05, 3.63) is 0 Å². The van der Waals surface area contributed by atoms with Gasteiger partial charge in [-0.3, -0.25) is 4.79 Å². The molecule has 0 aromatic heterocycles. The molecule has 2 saturated carbocycles. The van der Waals surface area contributed by atoms with E-state index in [0.717, 1.165) is 51.2 Å². The van der Waals surface area contributed by atoms with Gasteiger partial charge < -0.3 is 0 Å². The summed E-state index contributed by atoms with van der Waals surface area (Å²) in [5.74, 6) is 0.225. The summed E-state index contributed by atoms with van der Waals surface area (Å²) >= 11 is 0. The topological polar surface area (TPSA) is 60.4 Å². The van der Waals surface area contributed by atoms with Crippen molar-refractivity contribution < 1.29 is 16.8 Å². The summed E-state index contributed by atoms with van der Waals surface area (Å²) < 4.78 is 29.1. The van der Waals surface area contributed by atoms with Crippen molar-refractivity contribution in [3.63, 3.8) is 0 Å². The van der Waals surface area contributed by atoms with Crippen LogP contribution in [0.2, 0.25) is 0 Å². The van der Waals surface area contributed by atoms with Crippen molar-refractivity contribution in [3.8, 4) is 0 Å². The summed E-state index contributed by atoms with van der Waals surface area (Å²) in [5.41, 5.74) is 0. The first-order valence-corrected chi connectivity index (χ1v) is 11.4. The van der Waals surface area contributed by atoms with Crippen LogP contribution in [0.4, 0.5) is 0 Å². The first-order valence-electron chi connectivity index (χ1n) is 7.53. The third kappa shape index (κ3) is 3.77. The molecule has 2 unspecified atom stereocenters. The quantitative estimate of drug-likeness (QED) is 0.797. The normalized spacial score (nSPS) is 30.7. The molecule has 0 radical (unpaired) electrons. The van der Waals surface area contributed by atoms with Gasteiger partial charge in [0.2, 0.25) is 0 Å². The average Bonchev–Trinajstić information content (AvgIpc) is 2.38. The van der Waals surface area contributed by atoms with Crippen molar-refractivity contribution >= 4 is 26.2 Å². The molecule has 0 spiro atoms. The van der Waals surface area contributed by atoms with Crippen molar-refractivity contribution in [2.75, 3.05) is 12.5 Å². The van der Waals surface area contributed by atoms with E-state index in [4.69, 9.17) is 3.63 Å². The Morgan fingerprint density at radius 2 is 1.55 bits per heavy atom. The molecule has 2 fully saturated rings. The lowest BCUT2D eigenvalue weighted by Crippen LogP contribution is -2.38. The van der Waals surface area contributed by atoms with Crippen molar-refractivity contribution in [2.24, 2.45) is 0 Å². The van der Waals surface area contributed by atoms with E-state index in [1.165, 1.54) is 6.42 Å². The first kappa shape index (κ1) is 16.3. The maximum Gasteiger partial charge on any atom is 0.273 e. The van der Waals surface area contributed by atoms with Crippen LogP contribution in [0, 0.1) is 0 Å². The molecule has 6 heteroatoms. The summed E-state index contributed by atoms with van der Waals surface area (Å²) in [4.78, 5) is 12.3. The second-order valence-corrected chi connectivity index (χ2v) is 11.3. The molecule has 0 aromatic rings. The minimum absolute atomic E-state index is 0.172. The van der Waals surface area contributed by atoms with Crippen molar-refractivity contribution in [1.29, 1.82) is 0 Å². The monoisotopic (exact) mass is 322 g/mol. The van der Waals surface area contributed by atoms with E-state index in [1.54, 1.807) is 0 Å². The Labute approximate surface area is 124 Å². The minimum Gasteiger partial charge on any atom is -0.298 e. The zero-order chi connectivity index (χ0) is 14.8. The molecule has 2 aliphatic carbocycles. The smallest absolute Gasteiger partial charge is 0.273 e. The highest BCUT2D eigenvalue weighted by molar-refractivity contribution is 8.33. The van der Waals surface area contributed by atoms with E-state index < -0.39 is 20.4 Å². The van der Waals surface area contributed by atoms with Gasteiger partial charge in [0.05, 0.1) is 11.5 Å². The van der Waals surface area contributed by atoms with Gasteiger partial charge in [0.15, 0.2) is 0 Å². The number of ketones is 1. The summed E-state index contributed by atoms with van der Waals surface area (Å²) in [6, 6.07) is 0. The molecule has 0 saturated heterocycles.